The Morgan fingerprint density at radius 2 is 1.89 bits per heavy atom. The van der Waals surface area contributed by atoms with Crippen molar-refractivity contribution in [2.45, 2.75) is 13.8 Å². The standard InChI is InChI=1S/C15H13N3/c1-10-11(2)18-15(8-14(10)17-3)13-6-4-12(9-16)5-7-13/h4-8H,3H2,1-2H3. The van der Waals surface area contributed by atoms with Gasteiger partial charge >= 0.3 is 0 Å². The maximum atomic E-state index is 8.77. The average Bonchev–Trinajstić information content (AvgIpc) is 2.42. The van der Waals surface area contributed by atoms with E-state index in [1.807, 2.05) is 32.0 Å². The van der Waals surface area contributed by atoms with E-state index in [4.69, 9.17) is 5.26 Å². The Morgan fingerprint density at radius 3 is 2.44 bits per heavy atom. The van der Waals surface area contributed by atoms with Crippen molar-refractivity contribution < 1.29 is 0 Å². The first-order valence-corrected chi connectivity index (χ1v) is 5.61. The lowest BCUT2D eigenvalue weighted by Crippen LogP contribution is -1.91. The zero-order valence-electron chi connectivity index (χ0n) is 10.4. The molecule has 0 bridgehead atoms. The topological polar surface area (TPSA) is 49.0 Å². The van der Waals surface area contributed by atoms with Gasteiger partial charge in [0, 0.05) is 11.3 Å². The van der Waals surface area contributed by atoms with E-state index >= 15 is 0 Å². The Hall–Kier alpha value is -2.47. The molecule has 3 heteroatoms. The minimum Gasteiger partial charge on any atom is -0.264 e. The molecule has 2 aromatic rings. The molecule has 0 N–H and O–H groups in total. The minimum atomic E-state index is 0.643. The van der Waals surface area contributed by atoms with Crippen molar-refractivity contribution in [2.24, 2.45) is 4.99 Å². The third-order valence-corrected chi connectivity index (χ3v) is 2.97. The maximum Gasteiger partial charge on any atom is 0.0991 e. The molecule has 0 aliphatic rings. The summed E-state index contributed by atoms with van der Waals surface area (Å²) >= 11 is 0. The SMILES string of the molecule is C=Nc1cc(-c2ccc(C#N)cc2)nc(C)c1C. The molecule has 1 heterocycles. The van der Waals surface area contributed by atoms with E-state index in [9.17, 15) is 0 Å². The van der Waals surface area contributed by atoms with Crippen molar-refractivity contribution >= 4 is 12.4 Å². The average molecular weight is 235 g/mol. The van der Waals surface area contributed by atoms with E-state index in [-0.39, 0.29) is 0 Å². The molecule has 0 saturated heterocycles. The zero-order chi connectivity index (χ0) is 13.1. The molecule has 1 aromatic heterocycles. The van der Waals surface area contributed by atoms with E-state index in [2.05, 4.69) is 22.8 Å². The van der Waals surface area contributed by atoms with E-state index < -0.39 is 0 Å². The van der Waals surface area contributed by atoms with Crippen LogP contribution in [0, 0.1) is 25.2 Å². The summed E-state index contributed by atoms with van der Waals surface area (Å²) in [5.41, 5.74) is 5.31. The second-order valence-electron chi connectivity index (χ2n) is 4.08. The first kappa shape index (κ1) is 12.0. The van der Waals surface area contributed by atoms with Crippen molar-refractivity contribution in [3.8, 4) is 17.3 Å². The van der Waals surface area contributed by atoms with Gasteiger partial charge in [0.15, 0.2) is 0 Å². The van der Waals surface area contributed by atoms with Gasteiger partial charge in [0.1, 0.15) is 0 Å². The Kier molecular flexibility index (Phi) is 3.20. The van der Waals surface area contributed by atoms with Gasteiger partial charge < -0.3 is 0 Å². The minimum absolute atomic E-state index is 0.643. The number of aromatic nitrogens is 1. The van der Waals surface area contributed by atoms with Gasteiger partial charge in [-0.2, -0.15) is 5.26 Å². The lowest BCUT2D eigenvalue weighted by atomic mass is 10.1. The lowest BCUT2D eigenvalue weighted by Gasteiger charge is -2.08. The van der Waals surface area contributed by atoms with Crippen molar-refractivity contribution in [1.82, 2.24) is 4.98 Å². The van der Waals surface area contributed by atoms with Crippen LogP contribution in [-0.4, -0.2) is 11.7 Å². The van der Waals surface area contributed by atoms with E-state index in [1.54, 1.807) is 12.1 Å². The zero-order valence-corrected chi connectivity index (χ0v) is 10.4. The molecule has 88 valence electrons. The lowest BCUT2D eigenvalue weighted by molar-refractivity contribution is 1.15. The maximum absolute atomic E-state index is 8.77. The Labute approximate surface area is 106 Å². The molecule has 0 aliphatic heterocycles. The molecular formula is C15H13N3. The molecule has 0 unspecified atom stereocenters. The Bertz CT molecular complexity index is 634. The summed E-state index contributed by atoms with van der Waals surface area (Å²) in [7, 11) is 0. The van der Waals surface area contributed by atoms with Crippen LogP contribution in [0.15, 0.2) is 35.3 Å². The van der Waals surface area contributed by atoms with Gasteiger partial charge in [-0.25, -0.2) is 0 Å². The number of pyridine rings is 1. The van der Waals surface area contributed by atoms with Crippen LogP contribution >= 0.6 is 0 Å². The van der Waals surface area contributed by atoms with Crippen molar-refractivity contribution in [2.75, 3.05) is 0 Å². The summed E-state index contributed by atoms with van der Waals surface area (Å²) in [5, 5.41) is 8.77. The fourth-order valence-electron chi connectivity index (χ4n) is 1.75. The largest absolute Gasteiger partial charge is 0.264 e. The first-order chi connectivity index (χ1) is 8.65. The highest BCUT2D eigenvalue weighted by molar-refractivity contribution is 5.67. The highest BCUT2D eigenvalue weighted by atomic mass is 14.8. The molecule has 0 saturated carbocycles. The second kappa shape index (κ2) is 4.80. The first-order valence-electron chi connectivity index (χ1n) is 5.61. The van der Waals surface area contributed by atoms with Crippen LogP contribution in [0.1, 0.15) is 16.8 Å². The number of aryl methyl sites for hydroxylation is 1. The fourth-order valence-corrected chi connectivity index (χ4v) is 1.75. The predicted molar refractivity (Wildman–Crippen MR) is 73.1 cm³/mol. The molecule has 0 aliphatic carbocycles. The summed E-state index contributed by atoms with van der Waals surface area (Å²) in [6.07, 6.45) is 0. The fraction of sp³-hybridized carbons (Fsp3) is 0.133. The van der Waals surface area contributed by atoms with Crippen LogP contribution in [0.5, 0.6) is 0 Å². The van der Waals surface area contributed by atoms with Crippen LogP contribution in [-0.2, 0) is 0 Å². The third-order valence-electron chi connectivity index (χ3n) is 2.97. The molecule has 0 amide bonds. The van der Waals surface area contributed by atoms with Gasteiger partial charge in [0.05, 0.1) is 23.0 Å². The number of hydrogen-bond donors (Lipinski definition) is 0. The Balaban J connectivity index is 2.54. The molecule has 3 nitrogen and oxygen atoms in total. The quantitative estimate of drug-likeness (QED) is 0.747. The van der Waals surface area contributed by atoms with Crippen LogP contribution in [0.4, 0.5) is 5.69 Å². The van der Waals surface area contributed by atoms with E-state index in [0.717, 1.165) is 28.2 Å². The van der Waals surface area contributed by atoms with Crippen LogP contribution in [0.3, 0.4) is 0 Å². The molecule has 0 radical (unpaired) electrons. The number of nitriles is 1. The van der Waals surface area contributed by atoms with Crippen molar-refractivity contribution in [3.05, 3.63) is 47.2 Å². The normalized spacial score (nSPS) is 9.83. The van der Waals surface area contributed by atoms with Gasteiger partial charge in [-0.05, 0) is 44.3 Å². The smallest absolute Gasteiger partial charge is 0.0991 e. The van der Waals surface area contributed by atoms with E-state index in [0.29, 0.717) is 5.56 Å². The molecule has 0 atom stereocenters. The molecule has 18 heavy (non-hydrogen) atoms. The summed E-state index contributed by atoms with van der Waals surface area (Å²) in [6, 6.07) is 11.4. The van der Waals surface area contributed by atoms with Crippen molar-refractivity contribution in [1.29, 1.82) is 5.26 Å². The summed E-state index contributed by atoms with van der Waals surface area (Å²) in [6.45, 7) is 7.51. The highest BCUT2D eigenvalue weighted by Crippen LogP contribution is 2.27. The summed E-state index contributed by atoms with van der Waals surface area (Å²) in [5.74, 6) is 0. The highest BCUT2D eigenvalue weighted by Gasteiger charge is 2.06. The molecule has 0 fully saturated rings. The number of nitrogens with zero attached hydrogens (tertiary/aromatic N) is 3. The van der Waals surface area contributed by atoms with Gasteiger partial charge in [-0.1, -0.05) is 12.1 Å². The van der Waals surface area contributed by atoms with Gasteiger partial charge in [-0.3, -0.25) is 9.98 Å². The van der Waals surface area contributed by atoms with Gasteiger partial charge in [0.25, 0.3) is 0 Å². The van der Waals surface area contributed by atoms with E-state index in [1.165, 1.54) is 0 Å². The van der Waals surface area contributed by atoms with Crippen LogP contribution in [0.25, 0.3) is 11.3 Å². The van der Waals surface area contributed by atoms with Crippen LogP contribution < -0.4 is 0 Å². The molecule has 1 aromatic carbocycles. The number of hydrogen-bond acceptors (Lipinski definition) is 3. The second-order valence-corrected chi connectivity index (χ2v) is 4.08. The number of aliphatic imine (C=N–C) groups is 1. The molecule has 2 rings (SSSR count). The number of benzene rings is 1. The number of rotatable bonds is 2. The van der Waals surface area contributed by atoms with Gasteiger partial charge in [-0.15, -0.1) is 0 Å². The summed E-state index contributed by atoms with van der Waals surface area (Å²) < 4.78 is 0. The predicted octanol–water partition coefficient (Wildman–Crippen LogP) is 3.57. The van der Waals surface area contributed by atoms with Crippen molar-refractivity contribution in [3.63, 3.8) is 0 Å². The van der Waals surface area contributed by atoms with Gasteiger partial charge in [0.2, 0.25) is 0 Å². The van der Waals surface area contributed by atoms with Crippen LogP contribution in [0.2, 0.25) is 0 Å². The molecule has 0 spiro atoms. The monoisotopic (exact) mass is 235 g/mol. The Morgan fingerprint density at radius 1 is 1.22 bits per heavy atom. The molecular weight excluding hydrogens is 222 g/mol. The summed E-state index contributed by atoms with van der Waals surface area (Å²) in [4.78, 5) is 8.54. The third kappa shape index (κ3) is 2.14.